The molecule has 0 fully saturated rings. The molecule has 162 valence electrons. The van der Waals surface area contributed by atoms with Gasteiger partial charge in [0.05, 0.1) is 0 Å². The summed E-state index contributed by atoms with van der Waals surface area (Å²) in [6.45, 7) is 11.5. The third kappa shape index (κ3) is 7.16. The number of benzene rings is 1. The number of hydrogen-bond donors (Lipinski definition) is 0. The van der Waals surface area contributed by atoms with Gasteiger partial charge in [0.2, 0.25) is 0 Å². The van der Waals surface area contributed by atoms with Crippen LogP contribution >= 0.6 is 0 Å². The normalized spacial score (nSPS) is 12.0. The first-order valence-corrected chi connectivity index (χ1v) is 18.5. The second-order valence-electron chi connectivity index (χ2n) is 7.73. The van der Waals surface area contributed by atoms with Crippen molar-refractivity contribution in [2.24, 2.45) is 5.16 Å². The van der Waals surface area contributed by atoms with Gasteiger partial charge in [-0.15, -0.1) is 0 Å². The molecular formula is C24H39NO3Sn. The Bertz CT molecular complexity index is 663. The van der Waals surface area contributed by atoms with E-state index in [4.69, 9.17) is 9.57 Å². The van der Waals surface area contributed by atoms with Gasteiger partial charge in [0.15, 0.2) is 0 Å². The van der Waals surface area contributed by atoms with Crippen molar-refractivity contribution < 1.29 is 14.4 Å². The predicted octanol–water partition coefficient (Wildman–Crippen LogP) is 6.61. The molecule has 1 rings (SSSR count). The van der Waals surface area contributed by atoms with Gasteiger partial charge >= 0.3 is 182 Å². The summed E-state index contributed by atoms with van der Waals surface area (Å²) in [5.41, 5.74) is 2.05. The summed E-state index contributed by atoms with van der Waals surface area (Å²) >= 11 is -2.72. The Balaban J connectivity index is 3.51. The van der Waals surface area contributed by atoms with Crippen LogP contribution in [-0.2, 0) is 14.4 Å². The SMILES string of the molecule is C=[C](c1ccccc1/C(=N/OC)C(=O)OC)[Sn]([CH2]CCC)([CH2]CCC)[CH2]CCC. The van der Waals surface area contributed by atoms with Crippen molar-refractivity contribution in [3.63, 3.8) is 0 Å². The second kappa shape index (κ2) is 13.8. The standard InChI is InChI=1S/C12H12NO3.3C4H9.Sn/c1-4-9-7-5-6-8-10(9)11(13-16-3)12(14)15-2;3*1-3-4-2;/h5-8H,1H2,2-3H3;3*1,3-4H2,2H3;/b13-11-;;;;. The van der Waals surface area contributed by atoms with Crippen LogP contribution in [0.15, 0.2) is 36.0 Å². The molecule has 0 aliphatic rings. The molecule has 0 atom stereocenters. The quantitative estimate of drug-likeness (QED) is 0.123. The van der Waals surface area contributed by atoms with Gasteiger partial charge in [0, 0.05) is 0 Å². The molecule has 29 heavy (non-hydrogen) atoms. The monoisotopic (exact) mass is 509 g/mol. The maximum atomic E-state index is 12.4. The van der Waals surface area contributed by atoms with Crippen molar-refractivity contribution in [1.29, 1.82) is 0 Å². The number of carbonyl (C=O) groups excluding carboxylic acids is 1. The van der Waals surface area contributed by atoms with Gasteiger partial charge in [-0.1, -0.05) is 0 Å². The third-order valence-corrected chi connectivity index (χ3v) is 21.4. The summed E-state index contributed by atoms with van der Waals surface area (Å²) in [4.78, 5) is 17.4. The molecule has 0 heterocycles. The molecule has 4 nitrogen and oxygen atoms in total. The molecule has 5 heteroatoms. The number of unbranched alkanes of at least 4 members (excludes halogenated alkanes) is 3. The molecule has 0 spiro atoms. The molecule has 0 saturated heterocycles. The van der Waals surface area contributed by atoms with Crippen LogP contribution in [0.2, 0.25) is 13.3 Å². The molecule has 0 N–H and O–H groups in total. The molecule has 0 bridgehead atoms. The molecule has 1 aromatic carbocycles. The number of oxime groups is 1. The number of rotatable bonds is 14. The van der Waals surface area contributed by atoms with E-state index in [1.165, 1.54) is 69.6 Å². The van der Waals surface area contributed by atoms with Crippen LogP contribution in [0.3, 0.4) is 0 Å². The van der Waals surface area contributed by atoms with Gasteiger partial charge in [-0.05, 0) is 0 Å². The predicted molar refractivity (Wildman–Crippen MR) is 126 cm³/mol. The van der Waals surface area contributed by atoms with Gasteiger partial charge in [-0.3, -0.25) is 0 Å². The minimum atomic E-state index is -2.72. The van der Waals surface area contributed by atoms with Gasteiger partial charge < -0.3 is 0 Å². The fourth-order valence-electron chi connectivity index (χ4n) is 4.00. The first-order valence-electron chi connectivity index (χ1n) is 11.0. The van der Waals surface area contributed by atoms with E-state index in [1.807, 2.05) is 18.2 Å². The zero-order valence-electron chi connectivity index (χ0n) is 19.1. The van der Waals surface area contributed by atoms with E-state index in [0.717, 1.165) is 11.1 Å². The fraction of sp³-hybridized carbons (Fsp3) is 0.583. The minimum absolute atomic E-state index is 0.216. The maximum absolute atomic E-state index is 12.4. The van der Waals surface area contributed by atoms with E-state index in [-0.39, 0.29) is 5.71 Å². The fourth-order valence-corrected chi connectivity index (χ4v) is 19.8. The Hall–Kier alpha value is -1.30. The first kappa shape index (κ1) is 25.7. The molecule has 0 aliphatic heterocycles. The number of nitrogens with zero attached hydrogens (tertiary/aromatic N) is 1. The van der Waals surface area contributed by atoms with Gasteiger partial charge in [0.1, 0.15) is 0 Å². The van der Waals surface area contributed by atoms with E-state index >= 15 is 0 Å². The zero-order valence-corrected chi connectivity index (χ0v) is 21.9. The molecule has 0 radical (unpaired) electrons. The van der Waals surface area contributed by atoms with Crippen molar-refractivity contribution in [1.82, 2.24) is 0 Å². The topological polar surface area (TPSA) is 47.9 Å². The van der Waals surface area contributed by atoms with Gasteiger partial charge in [-0.2, -0.15) is 0 Å². The molecule has 0 unspecified atom stereocenters. The number of ether oxygens (including phenoxy) is 1. The number of hydrogen-bond acceptors (Lipinski definition) is 4. The first-order chi connectivity index (χ1) is 14.0. The van der Waals surface area contributed by atoms with Gasteiger partial charge in [0.25, 0.3) is 0 Å². The van der Waals surface area contributed by atoms with Crippen LogP contribution in [0.25, 0.3) is 3.59 Å². The molecule has 0 aliphatic carbocycles. The van der Waals surface area contributed by atoms with Crippen molar-refractivity contribution in [2.45, 2.75) is 72.6 Å². The van der Waals surface area contributed by atoms with Crippen LogP contribution in [-0.4, -0.2) is 44.3 Å². The van der Waals surface area contributed by atoms with Crippen molar-refractivity contribution in [2.75, 3.05) is 14.2 Å². The Labute approximate surface area is 181 Å². The molecule has 0 aromatic heterocycles. The van der Waals surface area contributed by atoms with Gasteiger partial charge in [-0.25, -0.2) is 0 Å². The Morgan fingerprint density at radius 1 is 0.931 bits per heavy atom. The number of carbonyl (C=O) groups is 1. The Kier molecular flexibility index (Phi) is 12.3. The van der Waals surface area contributed by atoms with Crippen LogP contribution < -0.4 is 0 Å². The average molecular weight is 508 g/mol. The van der Waals surface area contributed by atoms with E-state index in [2.05, 4.69) is 38.6 Å². The Morgan fingerprint density at radius 2 is 1.41 bits per heavy atom. The van der Waals surface area contributed by atoms with Crippen molar-refractivity contribution in [3.8, 4) is 0 Å². The van der Waals surface area contributed by atoms with E-state index in [0.29, 0.717) is 0 Å². The number of methoxy groups -OCH3 is 1. The van der Waals surface area contributed by atoms with E-state index < -0.39 is 24.3 Å². The summed E-state index contributed by atoms with van der Waals surface area (Å²) in [6, 6.07) is 8.00. The summed E-state index contributed by atoms with van der Waals surface area (Å²) in [6.07, 6.45) is 7.43. The van der Waals surface area contributed by atoms with Crippen LogP contribution in [0, 0.1) is 0 Å². The zero-order chi connectivity index (χ0) is 21.7. The molecule has 0 amide bonds. The third-order valence-electron chi connectivity index (χ3n) is 5.74. The molecule has 0 saturated carbocycles. The molecule has 1 aromatic rings. The summed E-state index contributed by atoms with van der Waals surface area (Å²) < 4.78 is 10.3. The average Bonchev–Trinajstić information content (AvgIpc) is 2.76. The summed E-state index contributed by atoms with van der Waals surface area (Å²) in [7, 11) is 2.83. The summed E-state index contributed by atoms with van der Waals surface area (Å²) in [5.74, 6) is -0.483. The number of esters is 1. The molecular weight excluding hydrogens is 469 g/mol. The van der Waals surface area contributed by atoms with E-state index in [9.17, 15) is 4.79 Å². The van der Waals surface area contributed by atoms with Crippen molar-refractivity contribution >= 4 is 33.6 Å². The van der Waals surface area contributed by atoms with E-state index in [1.54, 1.807) is 0 Å². The second-order valence-corrected chi connectivity index (χ2v) is 21.0. The summed E-state index contributed by atoms with van der Waals surface area (Å²) in [5, 5.41) is 4.00. The van der Waals surface area contributed by atoms with Crippen molar-refractivity contribution in [3.05, 3.63) is 42.0 Å². The van der Waals surface area contributed by atoms with Crippen LogP contribution in [0.5, 0.6) is 0 Å². The van der Waals surface area contributed by atoms with Crippen LogP contribution in [0.1, 0.15) is 70.4 Å². The Morgan fingerprint density at radius 3 is 1.83 bits per heavy atom. The van der Waals surface area contributed by atoms with Crippen LogP contribution in [0.4, 0.5) is 0 Å².